The summed E-state index contributed by atoms with van der Waals surface area (Å²) in [6.45, 7) is 11.8. The van der Waals surface area contributed by atoms with Gasteiger partial charge in [-0.05, 0) is 5.41 Å². The fourth-order valence-electron chi connectivity index (χ4n) is 1.79. The first-order chi connectivity index (χ1) is 8.22. The maximum absolute atomic E-state index is 11.4. The molecule has 0 spiro atoms. The molecular weight excluding hydrogens is 232 g/mol. The second-order valence-corrected chi connectivity index (χ2v) is 5.64. The van der Waals surface area contributed by atoms with Gasteiger partial charge in [-0.15, -0.1) is 0 Å². The van der Waals surface area contributed by atoms with Gasteiger partial charge in [0.15, 0.2) is 0 Å². The van der Waals surface area contributed by atoms with Gasteiger partial charge < -0.3 is 9.47 Å². The van der Waals surface area contributed by atoms with Crippen molar-refractivity contribution in [3.8, 4) is 0 Å². The molecule has 0 heterocycles. The number of carbonyl (C=O) groups excluding carboxylic acids is 2. The third kappa shape index (κ3) is 6.03. The monoisotopic (exact) mass is 258 g/mol. The molecule has 0 fully saturated rings. The van der Waals surface area contributed by atoms with Gasteiger partial charge in [-0.2, -0.15) is 0 Å². The molecule has 0 aliphatic carbocycles. The zero-order valence-electron chi connectivity index (χ0n) is 12.4. The summed E-state index contributed by atoms with van der Waals surface area (Å²) in [6, 6.07) is 0. The van der Waals surface area contributed by atoms with Crippen molar-refractivity contribution < 1.29 is 19.1 Å². The van der Waals surface area contributed by atoms with Gasteiger partial charge in [0.05, 0.1) is 6.61 Å². The highest BCUT2D eigenvalue weighted by Gasteiger charge is 2.33. The Morgan fingerprint density at radius 1 is 1.06 bits per heavy atom. The maximum atomic E-state index is 11.4. The zero-order valence-corrected chi connectivity index (χ0v) is 12.4. The number of esters is 2. The molecule has 0 aromatic heterocycles. The number of ether oxygens (including phenoxy) is 2. The topological polar surface area (TPSA) is 52.6 Å². The molecule has 2 unspecified atom stereocenters. The van der Waals surface area contributed by atoms with Gasteiger partial charge in [0.2, 0.25) is 0 Å². The molecule has 106 valence electrons. The van der Waals surface area contributed by atoms with Crippen LogP contribution in [0.25, 0.3) is 0 Å². The van der Waals surface area contributed by atoms with E-state index < -0.39 is 0 Å². The Bertz CT molecular complexity index is 278. The normalized spacial score (nSPS) is 14.8. The van der Waals surface area contributed by atoms with Gasteiger partial charge in [0, 0.05) is 18.8 Å². The molecule has 0 aromatic carbocycles. The number of rotatable bonds is 6. The third-order valence-corrected chi connectivity index (χ3v) is 2.71. The van der Waals surface area contributed by atoms with E-state index in [1.54, 1.807) is 13.8 Å². The molecule has 0 amide bonds. The molecular formula is C14H26O4. The largest absolute Gasteiger partial charge is 0.465 e. The Hall–Kier alpha value is -1.06. The van der Waals surface area contributed by atoms with E-state index in [9.17, 15) is 9.59 Å². The molecule has 0 N–H and O–H groups in total. The first-order valence-electron chi connectivity index (χ1n) is 6.57. The number of hydrogen-bond donors (Lipinski definition) is 0. The van der Waals surface area contributed by atoms with Crippen LogP contribution < -0.4 is 0 Å². The zero-order chi connectivity index (χ0) is 14.3. The highest BCUT2D eigenvalue weighted by atomic mass is 16.6. The molecule has 0 saturated carbocycles. The van der Waals surface area contributed by atoms with Crippen molar-refractivity contribution in [2.75, 3.05) is 6.61 Å². The lowest BCUT2D eigenvalue weighted by Gasteiger charge is -2.34. The fraction of sp³-hybridized carbons (Fsp3) is 0.857. The molecule has 0 saturated heterocycles. The Morgan fingerprint density at radius 2 is 1.56 bits per heavy atom. The minimum atomic E-state index is -0.255. The van der Waals surface area contributed by atoms with Gasteiger partial charge in [-0.25, -0.2) is 0 Å². The first-order valence-corrected chi connectivity index (χ1v) is 6.57. The van der Waals surface area contributed by atoms with Crippen LogP contribution in [0.15, 0.2) is 0 Å². The summed E-state index contributed by atoms with van der Waals surface area (Å²) in [5.41, 5.74) is -0.178. The summed E-state index contributed by atoms with van der Waals surface area (Å²) < 4.78 is 10.6. The molecule has 0 aliphatic rings. The van der Waals surface area contributed by atoms with E-state index in [0.29, 0.717) is 12.8 Å². The highest BCUT2D eigenvalue weighted by molar-refractivity contribution is 5.69. The SMILES string of the molecule is CCC(=O)OCC(C)C(OC(=O)CC)C(C)(C)C. The van der Waals surface area contributed by atoms with Gasteiger partial charge in [-0.1, -0.05) is 41.5 Å². The van der Waals surface area contributed by atoms with E-state index in [-0.39, 0.29) is 36.0 Å². The molecule has 4 heteroatoms. The van der Waals surface area contributed by atoms with Crippen molar-refractivity contribution in [2.45, 2.75) is 60.5 Å². The Kier molecular flexibility index (Phi) is 6.96. The van der Waals surface area contributed by atoms with E-state index in [2.05, 4.69) is 0 Å². The van der Waals surface area contributed by atoms with Crippen molar-refractivity contribution in [3.05, 3.63) is 0 Å². The Morgan fingerprint density at radius 3 is 1.94 bits per heavy atom. The summed E-state index contributed by atoms with van der Waals surface area (Å²) in [5.74, 6) is -0.462. The average molecular weight is 258 g/mol. The third-order valence-electron chi connectivity index (χ3n) is 2.71. The van der Waals surface area contributed by atoms with E-state index >= 15 is 0 Å². The summed E-state index contributed by atoms with van der Waals surface area (Å²) in [6.07, 6.45) is 0.463. The lowest BCUT2D eigenvalue weighted by molar-refractivity contribution is -0.162. The van der Waals surface area contributed by atoms with Crippen LogP contribution in [-0.2, 0) is 19.1 Å². The summed E-state index contributed by atoms with van der Waals surface area (Å²) in [4.78, 5) is 22.6. The van der Waals surface area contributed by atoms with Crippen molar-refractivity contribution in [2.24, 2.45) is 11.3 Å². The van der Waals surface area contributed by atoms with Gasteiger partial charge in [0.1, 0.15) is 6.10 Å². The van der Waals surface area contributed by atoms with E-state index in [0.717, 1.165) is 0 Å². The predicted molar refractivity (Wildman–Crippen MR) is 70.0 cm³/mol. The molecule has 0 aliphatic heterocycles. The van der Waals surface area contributed by atoms with E-state index in [1.807, 2.05) is 27.7 Å². The second kappa shape index (κ2) is 7.39. The van der Waals surface area contributed by atoms with Crippen LogP contribution >= 0.6 is 0 Å². The molecule has 18 heavy (non-hydrogen) atoms. The standard InChI is InChI=1S/C14H26O4/c1-7-11(15)17-9-10(3)13(14(4,5)6)18-12(16)8-2/h10,13H,7-9H2,1-6H3. The van der Waals surface area contributed by atoms with Crippen molar-refractivity contribution in [3.63, 3.8) is 0 Å². The molecule has 4 nitrogen and oxygen atoms in total. The molecule has 2 atom stereocenters. The lowest BCUT2D eigenvalue weighted by Crippen LogP contribution is -2.39. The summed E-state index contributed by atoms with van der Waals surface area (Å²) in [5, 5.41) is 0. The quantitative estimate of drug-likeness (QED) is 0.687. The van der Waals surface area contributed by atoms with Crippen LogP contribution in [0, 0.1) is 11.3 Å². The first kappa shape index (κ1) is 16.9. The Labute approximate surface area is 110 Å². The van der Waals surface area contributed by atoms with Crippen LogP contribution in [0.4, 0.5) is 0 Å². The lowest BCUT2D eigenvalue weighted by atomic mass is 9.82. The molecule has 0 rings (SSSR count). The average Bonchev–Trinajstić information content (AvgIpc) is 2.30. The van der Waals surface area contributed by atoms with Crippen LogP contribution in [0.5, 0.6) is 0 Å². The number of hydrogen-bond acceptors (Lipinski definition) is 4. The molecule has 0 radical (unpaired) electrons. The van der Waals surface area contributed by atoms with Crippen LogP contribution in [0.3, 0.4) is 0 Å². The Balaban J connectivity index is 4.55. The highest BCUT2D eigenvalue weighted by Crippen LogP contribution is 2.29. The second-order valence-electron chi connectivity index (χ2n) is 5.64. The minimum Gasteiger partial charge on any atom is -0.465 e. The van der Waals surface area contributed by atoms with Crippen LogP contribution in [-0.4, -0.2) is 24.6 Å². The van der Waals surface area contributed by atoms with Crippen molar-refractivity contribution in [1.82, 2.24) is 0 Å². The van der Waals surface area contributed by atoms with Crippen molar-refractivity contribution in [1.29, 1.82) is 0 Å². The summed E-state index contributed by atoms with van der Waals surface area (Å²) >= 11 is 0. The van der Waals surface area contributed by atoms with Crippen LogP contribution in [0.1, 0.15) is 54.4 Å². The number of carbonyl (C=O) groups is 2. The van der Waals surface area contributed by atoms with Crippen LogP contribution in [0.2, 0.25) is 0 Å². The van der Waals surface area contributed by atoms with Gasteiger partial charge in [-0.3, -0.25) is 9.59 Å². The smallest absolute Gasteiger partial charge is 0.305 e. The maximum Gasteiger partial charge on any atom is 0.305 e. The molecule has 0 bridgehead atoms. The summed E-state index contributed by atoms with van der Waals surface area (Å²) in [7, 11) is 0. The minimum absolute atomic E-state index is 0.0176. The van der Waals surface area contributed by atoms with E-state index in [4.69, 9.17) is 9.47 Å². The predicted octanol–water partition coefficient (Wildman–Crippen LogP) is 2.94. The van der Waals surface area contributed by atoms with E-state index in [1.165, 1.54) is 0 Å². The fourth-order valence-corrected chi connectivity index (χ4v) is 1.79. The van der Waals surface area contributed by atoms with Gasteiger partial charge in [0.25, 0.3) is 0 Å². The van der Waals surface area contributed by atoms with Crippen molar-refractivity contribution >= 4 is 11.9 Å². The molecule has 0 aromatic rings. The van der Waals surface area contributed by atoms with Gasteiger partial charge >= 0.3 is 11.9 Å².